The van der Waals surface area contributed by atoms with Gasteiger partial charge in [0.2, 0.25) is 5.91 Å². The van der Waals surface area contributed by atoms with E-state index in [9.17, 15) is 13.2 Å². The molecule has 0 aromatic heterocycles. The lowest BCUT2D eigenvalue weighted by atomic mass is 9.92. The molecular formula is C12H24N2O3S. The summed E-state index contributed by atoms with van der Waals surface area (Å²) in [7, 11) is -3.06. The first-order chi connectivity index (χ1) is 8.09. The van der Waals surface area contributed by atoms with E-state index in [-0.39, 0.29) is 29.5 Å². The number of carbonyl (C=O) groups is 1. The molecule has 0 aromatic rings. The number of hydrogen-bond acceptors (Lipinski definition) is 4. The molecule has 6 heteroatoms. The lowest BCUT2D eigenvalue weighted by Gasteiger charge is -2.19. The van der Waals surface area contributed by atoms with Crippen LogP contribution < -0.4 is 11.1 Å². The molecule has 2 atom stereocenters. The van der Waals surface area contributed by atoms with Crippen molar-refractivity contribution in [1.29, 1.82) is 0 Å². The van der Waals surface area contributed by atoms with E-state index in [0.29, 0.717) is 0 Å². The van der Waals surface area contributed by atoms with Gasteiger partial charge in [-0.1, -0.05) is 13.8 Å². The molecule has 106 valence electrons. The number of sulfone groups is 1. The summed E-state index contributed by atoms with van der Waals surface area (Å²) in [4.78, 5) is 11.8. The molecule has 0 spiro atoms. The van der Waals surface area contributed by atoms with Crippen molar-refractivity contribution in [1.82, 2.24) is 5.32 Å². The second-order valence-corrected chi connectivity index (χ2v) is 8.40. The minimum absolute atomic E-state index is 0.0439. The van der Waals surface area contributed by atoms with Gasteiger partial charge in [-0.2, -0.15) is 0 Å². The van der Waals surface area contributed by atoms with Crippen LogP contribution in [-0.4, -0.2) is 38.4 Å². The average molecular weight is 276 g/mol. The van der Waals surface area contributed by atoms with Crippen molar-refractivity contribution in [3.8, 4) is 0 Å². The Morgan fingerprint density at radius 1 is 1.50 bits per heavy atom. The van der Waals surface area contributed by atoms with Gasteiger partial charge in [0, 0.05) is 12.3 Å². The van der Waals surface area contributed by atoms with Gasteiger partial charge in [-0.05, 0) is 31.1 Å². The van der Waals surface area contributed by atoms with E-state index in [0.717, 1.165) is 25.5 Å². The molecule has 0 aromatic carbocycles. The van der Waals surface area contributed by atoms with Crippen molar-refractivity contribution in [3.63, 3.8) is 0 Å². The Labute approximate surface area is 109 Å². The quantitative estimate of drug-likeness (QED) is 0.762. The van der Waals surface area contributed by atoms with Crippen LogP contribution in [0.3, 0.4) is 0 Å². The average Bonchev–Trinajstić information content (AvgIpc) is 2.53. The van der Waals surface area contributed by atoms with E-state index >= 15 is 0 Å². The fraction of sp³-hybridized carbons (Fsp3) is 0.917. The highest BCUT2D eigenvalue weighted by atomic mass is 32.2. The van der Waals surface area contributed by atoms with Gasteiger partial charge in [0.15, 0.2) is 0 Å². The largest absolute Gasteiger partial charge is 0.352 e. The fourth-order valence-electron chi connectivity index (χ4n) is 2.34. The summed E-state index contributed by atoms with van der Waals surface area (Å²) in [5.41, 5.74) is 5.97. The smallest absolute Gasteiger partial charge is 0.237 e. The predicted octanol–water partition coefficient (Wildman–Crippen LogP) is 0.443. The van der Waals surface area contributed by atoms with Crippen LogP contribution in [0.15, 0.2) is 0 Å². The third kappa shape index (κ3) is 5.35. The first kappa shape index (κ1) is 15.4. The Kier molecular flexibility index (Phi) is 4.78. The fourth-order valence-corrected chi connectivity index (χ4v) is 3.02. The maximum Gasteiger partial charge on any atom is 0.237 e. The van der Waals surface area contributed by atoms with Crippen LogP contribution in [0.1, 0.15) is 39.5 Å². The lowest BCUT2D eigenvalue weighted by Crippen LogP contribution is -2.45. The van der Waals surface area contributed by atoms with Gasteiger partial charge in [0.1, 0.15) is 9.84 Å². The SMILES string of the molecule is CC1(C)CCC(NC(=O)C(N)CCS(C)(=O)=O)C1. The Hall–Kier alpha value is -0.620. The van der Waals surface area contributed by atoms with E-state index in [2.05, 4.69) is 19.2 Å². The van der Waals surface area contributed by atoms with E-state index in [1.54, 1.807) is 0 Å². The zero-order valence-electron chi connectivity index (χ0n) is 11.4. The van der Waals surface area contributed by atoms with Crippen LogP contribution in [0.25, 0.3) is 0 Å². The molecule has 0 bridgehead atoms. The molecule has 1 rings (SSSR count). The first-order valence-corrected chi connectivity index (χ1v) is 8.39. The van der Waals surface area contributed by atoms with Crippen LogP contribution >= 0.6 is 0 Å². The van der Waals surface area contributed by atoms with Gasteiger partial charge in [0.25, 0.3) is 0 Å². The van der Waals surface area contributed by atoms with Gasteiger partial charge in [-0.3, -0.25) is 4.79 Å². The van der Waals surface area contributed by atoms with E-state index in [1.807, 2.05) is 0 Å². The lowest BCUT2D eigenvalue weighted by molar-refractivity contribution is -0.123. The maximum atomic E-state index is 11.8. The second-order valence-electron chi connectivity index (χ2n) is 6.14. The highest BCUT2D eigenvalue weighted by Crippen LogP contribution is 2.36. The van der Waals surface area contributed by atoms with E-state index in [1.165, 1.54) is 0 Å². The van der Waals surface area contributed by atoms with Crippen molar-refractivity contribution >= 4 is 15.7 Å². The summed E-state index contributed by atoms with van der Waals surface area (Å²) >= 11 is 0. The van der Waals surface area contributed by atoms with Gasteiger partial charge < -0.3 is 11.1 Å². The Morgan fingerprint density at radius 2 is 2.11 bits per heavy atom. The molecular weight excluding hydrogens is 252 g/mol. The molecule has 0 heterocycles. The molecule has 2 unspecified atom stereocenters. The molecule has 1 amide bonds. The predicted molar refractivity (Wildman–Crippen MR) is 71.9 cm³/mol. The molecule has 18 heavy (non-hydrogen) atoms. The van der Waals surface area contributed by atoms with Crippen molar-refractivity contribution in [2.45, 2.75) is 51.6 Å². The Bertz CT molecular complexity index is 404. The van der Waals surface area contributed by atoms with Gasteiger partial charge in [-0.25, -0.2) is 8.42 Å². The zero-order chi connectivity index (χ0) is 14.0. The van der Waals surface area contributed by atoms with E-state index in [4.69, 9.17) is 5.73 Å². The number of amides is 1. The van der Waals surface area contributed by atoms with Crippen molar-refractivity contribution in [2.24, 2.45) is 11.1 Å². The number of nitrogens with one attached hydrogen (secondary N) is 1. The highest BCUT2D eigenvalue weighted by Gasteiger charge is 2.32. The standard InChI is InChI=1S/C12H24N2O3S/c1-12(2)6-4-9(8-12)14-11(15)10(13)5-7-18(3,16)17/h9-10H,4-8,13H2,1-3H3,(H,14,15). The third-order valence-electron chi connectivity index (χ3n) is 3.45. The highest BCUT2D eigenvalue weighted by molar-refractivity contribution is 7.90. The number of rotatable bonds is 5. The first-order valence-electron chi connectivity index (χ1n) is 6.33. The van der Waals surface area contributed by atoms with Gasteiger partial charge >= 0.3 is 0 Å². The molecule has 1 saturated carbocycles. The van der Waals surface area contributed by atoms with Crippen LogP contribution in [0, 0.1) is 5.41 Å². The summed E-state index contributed by atoms with van der Waals surface area (Å²) in [5.74, 6) is -0.279. The summed E-state index contributed by atoms with van der Waals surface area (Å²) in [5, 5.41) is 2.91. The van der Waals surface area contributed by atoms with Gasteiger partial charge in [-0.15, -0.1) is 0 Å². The zero-order valence-corrected chi connectivity index (χ0v) is 12.2. The normalized spacial score (nSPS) is 24.8. The topological polar surface area (TPSA) is 89.3 Å². The summed E-state index contributed by atoms with van der Waals surface area (Å²) in [6.45, 7) is 4.37. The second kappa shape index (κ2) is 5.57. The Balaban J connectivity index is 2.37. The van der Waals surface area contributed by atoms with Crippen molar-refractivity contribution < 1.29 is 13.2 Å². The van der Waals surface area contributed by atoms with Gasteiger partial charge in [0.05, 0.1) is 11.8 Å². The number of nitrogens with two attached hydrogens (primary N) is 1. The molecule has 1 aliphatic rings. The van der Waals surface area contributed by atoms with Crippen LogP contribution in [0.5, 0.6) is 0 Å². The molecule has 1 fully saturated rings. The summed E-state index contributed by atoms with van der Waals surface area (Å²) in [6, 6.07) is -0.555. The van der Waals surface area contributed by atoms with Crippen molar-refractivity contribution in [2.75, 3.05) is 12.0 Å². The Morgan fingerprint density at radius 3 is 2.56 bits per heavy atom. The minimum Gasteiger partial charge on any atom is -0.352 e. The van der Waals surface area contributed by atoms with Crippen LogP contribution in [-0.2, 0) is 14.6 Å². The van der Waals surface area contributed by atoms with E-state index < -0.39 is 15.9 Å². The van der Waals surface area contributed by atoms with Crippen LogP contribution in [0.2, 0.25) is 0 Å². The third-order valence-corrected chi connectivity index (χ3v) is 4.43. The minimum atomic E-state index is -3.06. The molecule has 3 N–H and O–H groups in total. The molecule has 0 radical (unpaired) electrons. The molecule has 0 aliphatic heterocycles. The number of carbonyl (C=O) groups excluding carboxylic acids is 1. The monoisotopic (exact) mass is 276 g/mol. The molecule has 5 nitrogen and oxygen atoms in total. The molecule has 1 aliphatic carbocycles. The van der Waals surface area contributed by atoms with Crippen LogP contribution in [0.4, 0.5) is 0 Å². The summed E-state index contributed by atoms with van der Waals surface area (Å²) in [6.07, 6.45) is 4.35. The van der Waals surface area contributed by atoms with Crippen molar-refractivity contribution in [3.05, 3.63) is 0 Å². The maximum absolute atomic E-state index is 11.8. The number of hydrogen-bond donors (Lipinski definition) is 2. The summed E-state index contributed by atoms with van der Waals surface area (Å²) < 4.78 is 22.0. The molecule has 0 saturated heterocycles.